The van der Waals surface area contributed by atoms with Gasteiger partial charge in [0.05, 0.1) is 35.0 Å². The lowest BCUT2D eigenvalue weighted by Crippen LogP contribution is -1.79. The van der Waals surface area contributed by atoms with Crippen molar-refractivity contribution in [3.63, 3.8) is 0 Å². The molecule has 5 rings (SSSR count). The van der Waals surface area contributed by atoms with Crippen LogP contribution in [0.5, 0.6) is 0 Å². The zero-order chi connectivity index (χ0) is 25.9. The summed E-state index contributed by atoms with van der Waals surface area (Å²) in [6.07, 6.45) is 7.70. The summed E-state index contributed by atoms with van der Waals surface area (Å²) in [5.74, 6) is 0. The Balaban J connectivity index is 1.53. The summed E-state index contributed by atoms with van der Waals surface area (Å²) in [6.45, 7) is 16.4. The second-order valence-corrected chi connectivity index (χ2v) is 12.4. The molecular weight excluding hydrogens is 533 g/mol. The highest BCUT2D eigenvalue weighted by Crippen LogP contribution is 2.56. The first-order valence-corrected chi connectivity index (χ1v) is 14.5. The molecule has 0 fully saturated rings. The van der Waals surface area contributed by atoms with Gasteiger partial charge in [0.1, 0.15) is 0 Å². The normalized spacial score (nSPS) is 13.5. The van der Waals surface area contributed by atoms with Gasteiger partial charge in [0.2, 0.25) is 0 Å². The van der Waals surface area contributed by atoms with Crippen LogP contribution in [0.4, 0.5) is 0 Å². The standard InChI is InChI=1S/C29H16N4S4/c1-4-5-6-21-22-13-26(24-9-7-19(34-24)11-17(15-30)32-2)36-28(22)29-23(21)14-27(37-29)25-10-8-20(35-25)12-18(16-31)33-3/h6-14H,4-5H2,1H3/b17-11-,18-12+,21-6?. The van der Waals surface area contributed by atoms with Crippen LogP contribution in [0.2, 0.25) is 0 Å². The third-order valence-corrected chi connectivity index (χ3v) is 10.5. The number of thiophene rings is 4. The van der Waals surface area contributed by atoms with Crippen LogP contribution >= 0.6 is 45.3 Å². The summed E-state index contributed by atoms with van der Waals surface area (Å²) < 4.78 is 0. The number of nitrogens with zero attached hydrogens (tertiary/aromatic N) is 4. The first-order chi connectivity index (χ1) is 18.1. The van der Waals surface area contributed by atoms with Gasteiger partial charge in [-0.1, -0.05) is 19.4 Å². The monoisotopic (exact) mass is 548 g/mol. The molecule has 0 saturated heterocycles. The predicted molar refractivity (Wildman–Crippen MR) is 157 cm³/mol. The SMILES string of the molecule is [C-]#[N+]/C(C#N)=C\c1ccc(-c2cc3c(s2)-c2sc(-c4ccc(/C=C(\C#N)[N+]#[C-])s4)cc2C3=CCCC)s1. The van der Waals surface area contributed by atoms with E-state index in [0.717, 1.165) is 32.4 Å². The maximum Gasteiger partial charge on any atom is 0.263 e. The number of rotatable bonds is 6. The molecule has 0 spiro atoms. The van der Waals surface area contributed by atoms with Crippen molar-refractivity contribution in [1.82, 2.24) is 0 Å². The molecule has 0 bridgehead atoms. The van der Waals surface area contributed by atoms with E-state index >= 15 is 0 Å². The van der Waals surface area contributed by atoms with E-state index in [9.17, 15) is 0 Å². The molecule has 0 atom stereocenters. The molecule has 0 amide bonds. The molecule has 4 aromatic rings. The summed E-state index contributed by atoms with van der Waals surface area (Å²) in [4.78, 5) is 15.5. The molecule has 0 saturated carbocycles. The molecule has 0 aromatic carbocycles. The molecule has 4 heterocycles. The number of fused-ring (bicyclic) bond motifs is 3. The average molecular weight is 549 g/mol. The summed E-state index contributed by atoms with van der Waals surface area (Å²) >= 11 is 6.75. The molecule has 0 aliphatic heterocycles. The van der Waals surface area contributed by atoms with Crippen molar-refractivity contribution in [2.24, 2.45) is 0 Å². The van der Waals surface area contributed by atoms with Crippen molar-refractivity contribution in [2.45, 2.75) is 19.8 Å². The lowest BCUT2D eigenvalue weighted by Gasteiger charge is -2.00. The Kier molecular flexibility index (Phi) is 7.02. The van der Waals surface area contributed by atoms with E-state index in [4.69, 9.17) is 23.7 Å². The summed E-state index contributed by atoms with van der Waals surface area (Å²) in [6, 6.07) is 16.5. The number of hydrogen-bond acceptors (Lipinski definition) is 6. The maximum atomic E-state index is 9.07. The Morgan fingerprint density at radius 3 is 1.68 bits per heavy atom. The molecule has 176 valence electrons. The first-order valence-electron chi connectivity index (χ1n) is 11.3. The van der Waals surface area contributed by atoms with Crippen LogP contribution in [0, 0.1) is 35.8 Å². The molecule has 0 N–H and O–H groups in total. The van der Waals surface area contributed by atoms with Gasteiger partial charge in [-0.15, -0.1) is 45.3 Å². The lowest BCUT2D eigenvalue weighted by atomic mass is 10.0. The van der Waals surface area contributed by atoms with Crippen LogP contribution < -0.4 is 0 Å². The molecule has 1 aliphatic carbocycles. The highest BCUT2D eigenvalue weighted by atomic mass is 32.1. The van der Waals surface area contributed by atoms with Crippen LogP contribution in [0.25, 0.3) is 56.7 Å². The predicted octanol–water partition coefficient (Wildman–Crippen LogP) is 10.0. The number of allylic oxidation sites excluding steroid dienone is 3. The fourth-order valence-electron chi connectivity index (χ4n) is 3.99. The van der Waals surface area contributed by atoms with Gasteiger partial charge in [0, 0.05) is 40.4 Å². The largest absolute Gasteiger partial charge is 0.263 e. The van der Waals surface area contributed by atoms with E-state index in [2.05, 4.69) is 47.0 Å². The van der Waals surface area contributed by atoms with Crippen molar-refractivity contribution < 1.29 is 0 Å². The van der Waals surface area contributed by atoms with Gasteiger partial charge < -0.3 is 0 Å². The highest BCUT2D eigenvalue weighted by molar-refractivity contribution is 7.29. The van der Waals surface area contributed by atoms with Crippen molar-refractivity contribution in [1.29, 1.82) is 10.5 Å². The van der Waals surface area contributed by atoms with Gasteiger partial charge in [-0.3, -0.25) is 0 Å². The fraction of sp³-hybridized carbons (Fsp3) is 0.103. The van der Waals surface area contributed by atoms with E-state index in [-0.39, 0.29) is 11.4 Å². The molecule has 8 heteroatoms. The second-order valence-electron chi connectivity index (χ2n) is 8.02. The van der Waals surface area contributed by atoms with Crippen LogP contribution in [0.1, 0.15) is 40.6 Å². The fourth-order valence-corrected chi connectivity index (χ4v) is 8.55. The second kappa shape index (κ2) is 10.5. The van der Waals surface area contributed by atoms with E-state index in [1.807, 2.05) is 24.3 Å². The summed E-state index contributed by atoms with van der Waals surface area (Å²) in [5.41, 5.74) is 4.01. The molecule has 0 unspecified atom stereocenters. The first kappa shape index (κ1) is 24.7. The zero-order valence-corrected chi connectivity index (χ0v) is 22.8. The van der Waals surface area contributed by atoms with Crippen molar-refractivity contribution in [2.75, 3.05) is 0 Å². The lowest BCUT2D eigenvalue weighted by molar-refractivity contribution is 0.960. The number of nitriles is 2. The molecule has 4 nitrogen and oxygen atoms in total. The van der Waals surface area contributed by atoms with Gasteiger partial charge in [-0.25, -0.2) is 20.2 Å². The van der Waals surface area contributed by atoms with E-state index < -0.39 is 0 Å². The third-order valence-electron chi connectivity index (χ3n) is 5.66. The Bertz CT molecular complexity index is 1630. The van der Waals surface area contributed by atoms with Crippen LogP contribution in [0.15, 0.2) is 53.9 Å². The number of hydrogen-bond donors (Lipinski definition) is 0. The van der Waals surface area contributed by atoms with Crippen molar-refractivity contribution in [3.05, 3.63) is 97.6 Å². The highest BCUT2D eigenvalue weighted by Gasteiger charge is 2.30. The van der Waals surface area contributed by atoms with E-state index in [0.29, 0.717) is 0 Å². The Morgan fingerprint density at radius 1 is 0.784 bits per heavy atom. The van der Waals surface area contributed by atoms with E-state index in [1.54, 1.807) is 57.5 Å². The minimum absolute atomic E-state index is 0.0905. The molecule has 0 radical (unpaired) electrons. The molecule has 37 heavy (non-hydrogen) atoms. The molecule has 1 aliphatic rings. The third kappa shape index (κ3) is 4.73. The van der Waals surface area contributed by atoms with Crippen molar-refractivity contribution in [3.8, 4) is 41.4 Å². The minimum Gasteiger partial charge on any atom is -0.227 e. The maximum absolute atomic E-state index is 9.07. The smallest absolute Gasteiger partial charge is 0.227 e. The zero-order valence-electron chi connectivity index (χ0n) is 19.5. The quantitative estimate of drug-likeness (QED) is 0.157. The van der Waals surface area contributed by atoms with Gasteiger partial charge in [-0.05, 0) is 60.5 Å². The Morgan fingerprint density at radius 2 is 1.27 bits per heavy atom. The summed E-state index contributed by atoms with van der Waals surface area (Å²) in [5, 5.41) is 18.1. The topological polar surface area (TPSA) is 56.3 Å². The number of unbranched alkanes of at least 4 members (excludes halogenated alkanes) is 1. The van der Waals surface area contributed by atoms with Crippen LogP contribution in [0.3, 0.4) is 0 Å². The Labute approximate surface area is 231 Å². The summed E-state index contributed by atoms with van der Waals surface area (Å²) in [7, 11) is 0. The minimum atomic E-state index is 0.0905. The average Bonchev–Trinajstić information content (AvgIpc) is 3.72. The van der Waals surface area contributed by atoms with Gasteiger partial charge in [0.25, 0.3) is 11.4 Å². The molecular formula is C29H16N4S4. The molecule has 4 aromatic heterocycles. The van der Waals surface area contributed by atoms with Gasteiger partial charge in [0.15, 0.2) is 0 Å². The van der Waals surface area contributed by atoms with Crippen molar-refractivity contribution >= 4 is 63.1 Å². The Hall–Kier alpha value is -4.02. The van der Waals surface area contributed by atoms with Gasteiger partial charge >= 0.3 is 0 Å². The van der Waals surface area contributed by atoms with E-state index in [1.165, 1.54) is 36.2 Å². The van der Waals surface area contributed by atoms with Gasteiger partial charge in [-0.2, -0.15) is 0 Å². The van der Waals surface area contributed by atoms with Crippen LogP contribution in [-0.4, -0.2) is 0 Å². The van der Waals surface area contributed by atoms with Crippen LogP contribution in [-0.2, 0) is 0 Å².